The SMILES string of the molecule is Cc1c(C#N)sc2nc(-c3ccccc3)nc(NC(=O)c3ccccc3)c12. The van der Waals surface area contributed by atoms with Gasteiger partial charge >= 0.3 is 0 Å². The number of benzene rings is 2. The molecule has 2 heterocycles. The average Bonchev–Trinajstić information content (AvgIpc) is 3.05. The summed E-state index contributed by atoms with van der Waals surface area (Å²) >= 11 is 1.31. The Balaban J connectivity index is 1.87. The van der Waals surface area contributed by atoms with Crippen LogP contribution < -0.4 is 5.32 Å². The minimum absolute atomic E-state index is 0.251. The Morgan fingerprint density at radius 3 is 2.37 bits per heavy atom. The molecule has 0 fully saturated rings. The zero-order valence-corrected chi connectivity index (χ0v) is 15.2. The van der Waals surface area contributed by atoms with Crippen molar-refractivity contribution in [1.29, 1.82) is 5.26 Å². The largest absolute Gasteiger partial charge is 0.306 e. The lowest BCUT2D eigenvalue weighted by Crippen LogP contribution is -2.13. The number of aryl methyl sites for hydroxylation is 1. The number of anilines is 1. The van der Waals surface area contributed by atoms with E-state index < -0.39 is 0 Å². The number of hydrogen-bond acceptors (Lipinski definition) is 5. The van der Waals surface area contributed by atoms with Crippen LogP contribution in [0, 0.1) is 18.3 Å². The number of thiophene rings is 1. The van der Waals surface area contributed by atoms with Gasteiger partial charge in [0.1, 0.15) is 21.6 Å². The minimum atomic E-state index is -0.251. The molecule has 4 rings (SSSR count). The molecule has 5 nitrogen and oxygen atoms in total. The van der Waals surface area contributed by atoms with Gasteiger partial charge in [-0.25, -0.2) is 9.97 Å². The molecule has 27 heavy (non-hydrogen) atoms. The summed E-state index contributed by atoms with van der Waals surface area (Å²) < 4.78 is 0. The van der Waals surface area contributed by atoms with E-state index in [1.807, 2.05) is 55.5 Å². The summed E-state index contributed by atoms with van der Waals surface area (Å²) in [6, 6.07) is 20.7. The molecule has 0 radical (unpaired) electrons. The Kier molecular flexibility index (Phi) is 4.37. The van der Waals surface area contributed by atoms with Crippen LogP contribution in [0.5, 0.6) is 0 Å². The van der Waals surface area contributed by atoms with E-state index in [-0.39, 0.29) is 5.91 Å². The number of carbonyl (C=O) groups is 1. The van der Waals surface area contributed by atoms with Crippen molar-refractivity contribution in [3.8, 4) is 17.5 Å². The molecule has 0 aliphatic rings. The van der Waals surface area contributed by atoms with E-state index in [2.05, 4.69) is 21.4 Å². The van der Waals surface area contributed by atoms with Crippen molar-refractivity contribution in [3.63, 3.8) is 0 Å². The maximum atomic E-state index is 12.7. The molecule has 1 N–H and O–H groups in total. The zero-order valence-electron chi connectivity index (χ0n) is 14.4. The molecule has 6 heteroatoms. The molecule has 0 unspecified atom stereocenters. The first-order valence-corrected chi connectivity index (χ1v) is 9.12. The van der Waals surface area contributed by atoms with Crippen molar-refractivity contribution in [2.75, 3.05) is 5.32 Å². The van der Waals surface area contributed by atoms with Gasteiger partial charge in [0.25, 0.3) is 5.91 Å². The second-order valence-electron chi connectivity index (χ2n) is 5.93. The van der Waals surface area contributed by atoms with Crippen molar-refractivity contribution in [1.82, 2.24) is 9.97 Å². The molecule has 0 saturated carbocycles. The van der Waals surface area contributed by atoms with Gasteiger partial charge < -0.3 is 5.32 Å². The Morgan fingerprint density at radius 1 is 1.04 bits per heavy atom. The summed E-state index contributed by atoms with van der Waals surface area (Å²) in [4.78, 5) is 23.1. The molecule has 0 spiro atoms. The molecule has 2 aromatic carbocycles. The first-order chi connectivity index (χ1) is 13.2. The third-order valence-electron chi connectivity index (χ3n) is 4.19. The zero-order chi connectivity index (χ0) is 18.8. The van der Waals surface area contributed by atoms with Gasteiger partial charge in [0, 0.05) is 11.1 Å². The maximum Gasteiger partial charge on any atom is 0.256 e. The van der Waals surface area contributed by atoms with E-state index >= 15 is 0 Å². The Hall–Kier alpha value is -3.56. The predicted octanol–water partition coefficient (Wildman–Crippen LogP) is 4.79. The number of rotatable bonds is 3. The van der Waals surface area contributed by atoms with Crippen LogP contribution in [0.3, 0.4) is 0 Å². The van der Waals surface area contributed by atoms with Gasteiger partial charge in [-0.3, -0.25) is 4.79 Å². The highest BCUT2D eigenvalue weighted by atomic mass is 32.1. The summed E-state index contributed by atoms with van der Waals surface area (Å²) in [5, 5.41) is 13.0. The fourth-order valence-electron chi connectivity index (χ4n) is 2.82. The molecule has 1 amide bonds. The lowest BCUT2D eigenvalue weighted by molar-refractivity contribution is 0.102. The monoisotopic (exact) mass is 370 g/mol. The van der Waals surface area contributed by atoms with Crippen LogP contribution in [0.15, 0.2) is 60.7 Å². The van der Waals surface area contributed by atoms with E-state index in [9.17, 15) is 10.1 Å². The lowest BCUT2D eigenvalue weighted by Gasteiger charge is -2.09. The molecule has 4 aromatic rings. The molecule has 0 aliphatic carbocycles. The average molecular weight is 370 g/mol. The summed E-state index contributed by atoms with van der Waals surface area (Å²) in [6.45, 7) is 1.85. The Bertz CT molecular complexity index is 1180. The van der Waals surface area contributed by atoms with Crippen LogP contribution in [0.2, 0.25) is 0 Å². The Morgan fingerprint density at radius 2 is 1.70 bits per heavy atom. The molecule has 130 valence electrons. The van der Waals surface area contributed by atoms with Gasteiger partial charge in [0.15, 0.2) is 5.82 Å². The molecule has 0 saturated heterocycles. The fraction of sp³-hybridized carbons (Fsp3) is 0.0476. The summed E-state index contributed by atoms with van der Waals surface area (Å²) in [7, 11) is 0. The summed E-state index contributed by atoms with van der Waals surface area (Å²) in [5.41, 5.74) is 2.17. The first kappa shape index (κ1) is 16.9. The quantitative estimate of drug-likeness (QED) is 0.562. The number of hydrogen-bond donors (Lipinski definition) is 1. The number of aromatic nitrogens is 2. The van der Waals surface area contributed by atoms with E-state index in [0.29, 0.717) is 32.3 Å². The van der Waals surface area contributed by atoms with Crippen LogP contribution in [-0.4, -0.2) is 15.9 Å². The molecular weight excluding hydrogens is 356 g/mol. The minimum Gasteiger partial charge on any atom is -0.306 e. The standard InChI is InChI=1S/C21H14N4OS/c1-13-16(12-22)27-21-17(13)19(24-20(26)15-10-6-3-7-11-15)23-18(25-21)14-8-4-2-5-9-14/h2-11H,1H3,(H,23,24,25,26). The van der Waals surface area contributed by atoms with Crippen LogP contribution in [0.25, 0.3) is 21.6 Å². The number of nitrogens with zero attached hydrogens (tertiary/aromatic N) is 3. The highest BCUT2D eigenvalue weighted by Crippen LogP contribution is 2.35. The van der Waals surface area contributed by atoms with Crippen LogP contribution in [0.1, 0.15) is 20.8 Å². The topological polar surface area (TPSA) is 78.7 Å². The third kappa shape index (κ3) is 3.16. The number of nitriles is 1. The smallest absolute Gasteiger partial charge is 0.256 e. The van der Waals surface area contributed by atoms with E-state index in [1.54, 1.807) is 12.1 Å². The van der Waals surface area contributed by atoms with Crippen LogP contribution in [-0.2, 0) is 0 Å². The van der Waals surface area contributed by atoms with Crippen molar-refractivity contribution < 1.29 is 4.79 Å². The van der Waals surface area contributed by atoms with Gasteiger partial charge in [-0.15, -0.1) is 11.3 Å². The van der Waals surface area contributed by atoms with Crippen molar-refractivity contribution >= 4 is 33.3 Å². The first-order valence-electron chi connectivity index (χ1n) is 8.30. The van der Waals surface area contributed by atoms with Crippen molar-refractivity contribution in [2.45, 2.75) is 6.92 Å². The fourth-order valence-corrected chi connectivity index (χ4v) is 3.80. The molecule has 0 atom stereocenters. The van der Waals surface area contributed by atoms with E-state index in [1.165, 1.54) is 11.3 Å². The number of fused-ring (bicyclic) bond motifs is 1. The Labute approximate surface area is 160 Å². The van der Waals surface area contributed by atoms with Gasteiger partial charge in [0.05, 0.1) is 5.39 Å². The number of carbonyl (C=O) groups excluding carboxylic acids is 1. The van der Waals surface area contributed by atoms with Crippen molar-refractivity contribution in [2.24, 2.45) is 0 Å². The maximum absolute atomic E-state index is 12.7. The second kappa shape index (κ2) is 6.98. The number of amides is 1. The molecule has 0 aliphatic heterocycles. The van der Waals surface area contributed by atoms with Crippen LogP contribution >= 0.6 is 11.3 Å². The highest BCUT2D eigenvalue weighted by Gasteiger charge is 2.19. The normalized spacial score (nSPS) is 10.5. The molecular formula is C21H14N4OS. The molecule has 2 aromatic heterocycles. The van der Waals surface area contributed by atoms with Gasteiger partial charge in [0.2, 0.25) is 0 Å². The second-order valence-corrected chi connectivity index (χ2v) is 6.93. The van der Waals surface area contributed by atoms with Gasteiger partial charge in [-0.1, -0.05) is 48.5 Å². The summed E-state index contributed by atoms with van der Waals surface area (Å²) in [5.74, 6) is 0.680. The van der Waals surface area contributed by atoms with E-state index in [4.69, 9.17) is 0 Å². The molecule has 0 bridgehead atoms. The highest BCUT2D eigenvalue weighted by molar-refractivity contribution is 7.19. The van der Waals surface area contributed by atoms with Gasteiger partial charge in [-0.05, 0) is 24.6 Å². The lowest BCUT2D eigenvalue weighted by atomic mass is 10.1. The predicted molar refractivity (Wildman–Crippen MR) is 107 cm³/mol. The third-order valence-corrected chi connectivity index (χ3v) is 5.28. The van der Waals surface area contributed by atoms with Gasteiger partial charge in [-0.2, -0.15) is 5.26 Å². The van der Waals surface area contributed by atoms with Crippen molar-refractivity contribution in [3.05, 3.63) is 76.7 Å². The van der Waals surface area contributed by atoms with E-state index in [0.717, 1.165) is 11.1 Å². The number of nitrogens with one attached hydrogen (secondary N) is 1. The van der Waals surface area contributed by atoms with Crippen LogP contribution in [0.4, 0.5) is 5.82 Å². The summed E-state index contributed by atoms with van der Waals surface area (Å²) in [6.07, 6.45) is 0.